The van der Waals surface area contributed by atoms with Crippen molar-refractivity contribution in [1.82, 2.24) is 4.31 Å². The summed E-state index contributed by atoms with van der Waals surface area (Å²) in [5.41, 5.74) is 0. The molecule has 0 aromatic carbocycles. The Morgan fingerprint density at radius 1 is 1.62 bits per heavy atom. The standard InChI is InChI=1S/C12H16BrNO5S2/c1-3-8-6-19-7(2)5-14(8)21(17,18)10-4-9(12(15)16)20-11(10)13/h4,7-8H,3,5-6H2,1-2H3,(H,15,16). The topological polar surface area (TPSA) is 83.9 Å². The van der Waals surface area contributed by atoms with Crippen LogP contribution in [0.3, 0.4) is 0 Å². The molecule has 9 heteroatoms. The third-order valence-electron chi connectivity index (χ3n) is 3.34. The summed E-state index contributed by atoms with van der Waals surface area (Å²) in [6.45, 7) is 4.34. The molecule has 0 amide bonds. The number of aromatic carboxylic acids is 1. The summed E-state index contributed by atoms with van der Waals surface area (Å²) in [5.74, 6) is -1.13. The molecule has 0 spiro atoms. The summed E-state index contributed by atoms with van der Waals surface area (Å²) < 4.78 is 32.9. The summed E-state index contributed by atoms with van der Waals surface area (Å²) in [6, 6.07) is 0.977. The minimum Gasteiger partial charge on any atom is -0.477 e. The molecule has 118 valence electrons. The highest BCUT2D eigenvalue weighted by atomic mass is 79.9. The Hall–Kier alpha value is -0.480. The van der Waals surface area contributed by atoms with E-state index in [1.807, 2.05) is 13.8 Å². The van der Waals surface area contributed by atoms with Crippen molar-refractivity contribution in [2.45, 2.75) is 37.3 Å². The average Bonchev–Trinajstić information content (AvgIpc) is 2.81. The number of hydrogen-bond donors (Lipinski definition) is 1. The van der Waals surface area contributed by atoms with Gasteiger partial charge in [-0.15, -0.1) is 11.3 Å². The summed E-state index contributed by atoms with van der Waals surface area (Å²) in [7, 11) is -3.75. The van der Waals surface area contributed by atoms with E-state index in [1.165, 1.54) is 10.4 Å². The van der Waals surface area contributed by atoms with E-state index < -0.39 is 16.0 Å². The van der Waals surface area contributed by atoms with Crippen molar-refractivity contribution >= 4 is 43.3 Å². The molecule has 0 radical (unpaired) electrons. The van der Waals surface area contributed by atoms with Gasteiger partial charge in [0.15, 0.2) is 0 Å². The van der Waals surface area contributed by atoms with Gasteiger partial charge in [-0.3, -0.25) is 0 Å². The molecule has 2 heterocycles. The number of carboxylic acid groups (broad SMARTS) is 1. The zero-order valence-electron chi connectivity index (χ0n) is 11.6. The Morgan fingerprint density at radius 2 is 2.29 bits per heavy atom. The van der Waals surface area contributed by atoms with Gasteiger partial charge in [-0.2, -0.15) is 4.31 Å². The number of hydrogen-bond acceptors (Lipinski definition) is 5. The van der Waals surface area contributed by atoms with Crippen molar-refractivity contribution in [3.8, 4) is 0 Å². The third-order valence-corrected chi connectivity index (χ3v) is 7.50. The first-order valence-electron chi connectivity index (χ1n) is 6.43. The summed E-state index contributed by atoms with van der Waals surface area (Å²) >= 11 is 4.07. The van der Waals surface area contributed by atoms with Crippen LogP contribution in [0.5, 0.6) is 0 Å². The van der Waals surface area contributed by atoms with E-state index in [1.54, 1.807) is 0 Å². The molecular formula is C12H16BrNO5S2. The first-order valence-corrected chi connectivity index (χ1v) is 9.48. The van der Waals surface area contributed by atoms with Crippen molar-refractivity contribution in [3.05, 3.63) is 14.7 Å². The monoisotopic (exact) mass is 397 g/mol. The van der Waals surface area contributed by atoms with Gasteiger partial charge in [-0.1, -0.05) is 6.92 Å². The molecule has 6 nitrogen and oxygen atoms in total. The highest BCUT2D eigenvalue weighted by Crippen LogP contribution is 2.35. The van der Waals surface area contributed by atoms with Crippen LogP contribution in [-0.2, 0) is 14.8 Å². The lowest BCUT2D eigenvalue weighted by atomic mass is 10.2. The van der Waals surface area contributed by atoms with Crippen molar-refractivity contribution in [1.29, 1.82) is 0 Å². The minimum absolute atomic E-state index is 0.00481. The van der Waals surface area contributed by atoms with Crippen LogP contribution in [0.2, 0.25) is 0 Å². The first kappa shape index (κ1) is 16.9. The smallest absolute Gasteiger partial charge is 0.345 e. The minimum atomic E-state index is -3.75. The zero-order chi connectivity index (χ0) is 15.8. The maximum atomic E-state index is 12.8. The number of carboxylic acids is 1. The van der Waals surface area contributed by atoms with Crippen molar-refractivity contribution in [2.24, 2.45) is 0 Å². The van der Waals surface area contributed by atoms with Crippen LogP contribution in [0.25, 0.3) is 0 Å². The fraction of sp³-hybridized carbons (Fsp3) is 0.583. The maximum Gasteiger partial charge on any atom is 0.345 e. The molecule has 1 aliphatic rings. The maximum absolute atomic E-state index is 12.8. The van der Waals surface area contributed by atoms with Crippen LogP contribution < -0.4 is 0 Å². The molecule has 1 aromatic heterocycles. The van der Waals surface area contributed by atoms with Gasteiger partial charge >= 0.3 is 5.97 Å². The number of morpholine rings is 1. The Bertz CT molecular complexity index is 642. The van der Waals surface area contributed by atoms with Crippen LogP contribution in [-0.4, -0.2) is 49.1 Å². The number of carbonyl (C=O) groups is 1. The molecule has 2 rings (SSSR count). The van der Waals surface area contributed by atoms with Crippen molar-refractivity contribution in [3.63, 3.8) is 0 Å². The van der Waals surface area contributed by atoms with Crippen molar-refractivity contribution in [2.75, 3.05) is 13.2 Å². The molecule has 0 aliphatic carbocycles. The number of halogens is 1. The second-order valence-electron chi connectivity index (χ2n) is 4.83. The zero-order valence-corrected chi connectivity index (χ0v) is 14.8. The summed E-state index contributed by atoms with van der Waals surface area (Å²) in [4.78, 5) is 11.0. The van der Waals surface area contributed by atoms with Gasteiger partial charge in [-0.25, -0.2) is 13.2 Å². The molecule has 0 saturated carbocycles. The molecular weight excluding hydrogens is 382 g/mol. The van der Waals surface area contributed by atoms with Gasteiger partial charge in [0.05, 0.1) is 16.5 Å². The van der Waals surface area contributed by atoms with Gasteiger partial charge in [0.1, 0.15) is 9.77 Å². The predicted molar refractivity (Wildman–Crippen MR) is 82.4 cm³/mol. The van der Waals surface area contributed by atoms with Gasteiger partial charge < -0.3 is 9.84 Å². The molecule has 1 aliphatic heterocycles. The second kappa shape index (κ2) is 6.33. The SMILES string of the molecule is CCC1COC(C)CN1S(=O)(=O)c1cc(C(=O)O)sc1Br. The van der Waals surface area contributed by atoms with E-state index in [9.17, 15) is 13.2 Å². The van der Waals surface area contributed by atoms with E-state index in [0.717, 1.165) is 11.3 Å². The van der Waals surface area contributed by atoms with E-state index >= 15 is 0 Å². The van der Waals surface area contributed by atoms with Crippen LogP contribution in [0.4, 0.5) is 0 Å². The molecule has 21 heavy (non-hydrogen) atoms. The molecule has 2 unspecified atom stereocenters. The Balaban J connectivity index is 2.42. The van der Waals surface area contributed by atoms with Gasteiger partial charge in [-0.05, 0) is 35.3 Å². The van der Waals surface area contributed by atoms with Gasteiger partial charge in [0.2, 0.25) is 10.0 Å². The van der Waals surface area contributed by atoms with Crippen LogP contribution >= 0.6 is 27.3 Å². The van der Waals surface area contributed by atoms with Gasteiger partial charge in [0.25, 0.3) is 0 Å². The highest BCUT2D eigenvalue weighted by molar-refractivity contribution is 9.11. The molecule has 1 fully saturated rings. The molecule has 1 N–H and O–H groups in total. The largest absolute Gasteiger partial charge is 0.477 e. The van der Waals surface area contributed by atoms with E-state index in [4.69, 9.17) is 9.84 Å². The molecule has 2 atom stereocenters. The normalized spacial score (nSPS) is 24.1. The lowest BCUT2D eigenvalue weighted by Gasteiger charge is -2.37. The van der Waals surface area contributed by atoms with E-state index in [-0.39, 0.29) is 28.5 Å². The first-order chi connectivity index (χ1) is 9.77. The number of thiophene rings is 1. The Morgan fingerprint density at radius 3 is 2.81 bits per heavy atom. The third kappa shape index (κ3) is 3.31. The number of rotatable bonds is 4. The van der Waals surface area contributed by atoms with Crippen LogP contribution in [0.15, 0.2) is 14.7 Å². The van der Waals surface area contributed by atoms with E-state index in [2.05, 4.69) is 15.9 Å². The predicted octanol–water partition coefficient (Wildman–Crippen LogP) is 2.40. The molecule has 1 aromatic rings. The Labute approximate surface area is 135 Å². The average molecular weight is 398 g/mol. The Kier molecular flexibility index (Phi) is 5.09. The summed E-state index contributed by atoms with van der Waals surface area (Å²) in [5, 5.41) is 9.00. The highest BCUT2D eigenvalue weighted by Gasteiger charge is 2.37. The molecule has 0 bridgehead atoms. The fourth-order valence-corrected chi connectivity index (χ4v) is 6.30. The fourth-order valence-electron chi connectivity index (χ4n) is 2.19. The number of nitrogens with zero attached hydrogens (tertiary/aromatic N) is 1. The number of ether oxygens (including phenoxy) is 1. The van der Waals surface area contributed by atoms with Crippen molar-refractivity contribution < 1.29 is 23.1 Å². The lowest BCUT2D eigenvalue weighted by molar-refractivity contribution is -0.0230. The van der Waals surface area contributed by atoms with Crippen LogP contribution in [0, 0.1) is 0 Å². The lowest BCUT2D eigenvalue weighted by Crippen LogP contribution is -2.51. The van der Waals surface area contributed by atoms with E-state index in [0.29, 0.717) is 16.8 Å². The summed E-state index contributed by atoms with van der Waals surface area (Å²) in [6.07, 6.45) is 0.457. The van der Waals surface area contributed by atoms with Crippen LogP contribution in [0.1, 0.15) is 29.9 Å². The second-order valence-corrected chi connectivity index (χ2v) is 9.06. The van der Waals surface area contributed by atoms with Gasteiger partial charge in [0, 0.05) is 12.6 Å². The molecule has 1 saturated heterocycles. The number of sulfonamides is 1. The quantitative estimate of drug-likeness (QED) is 0.842.